The maximum absolute atomic E-state index is 13.0. The minimum atomic E-state index is -3.28. The zero-order chi connectivity index (χ0) is 23.4. The molecule has 1 heterocycles. The van der Waals surface area contributed by atoms with Crippen LogP contribution in [-0.2, 0) is 9.84 Å². The summed E-state index contributed by atoms with van der Waals surface area (Å²) in [5.41, 5.74) is 5.70. The predicted octanol–water partition coefficient (Wildman–Crippen LogP) is 5.87. The highest BCUT2D eigenvalue weighted by Gasteiger charge is 2.21. The second kappa shape index (κ2) is 9.51. The normalized spacial score (nSPS) is 12.3. The average Bonchev–Trinajstić information content (AvgIpc) is 2.83. The smallest absolute Gasteiger partial charge is 0.175 e. The van der Waals surface area contributed by atoms with E-state index >= 15 is 0 Å². The van der Waals surface area contributed by atoms with E-state index in [0.29, 0.717) is 16.9 Å². The van der Waals surface area contributed by atoms with E-state index in [4.69, 9.17) is 0 Å². The molecule has 33 heavy (non-hydrogen) atoms. The molecule has 0 aliphatic heterocycles. The molecular weight excluding hydrogens is 430 g/mol. The van der Waals surface area contributed by atoms with E-state index in [1.165, 1.54) is 6.26 Å². The average molecular weight is 456 g/mol. The van der Waals surface area contributed by atoms with Gasteiger partial charge in [0.1, 0.15) is 0 Å². The number of nitrogens with zero attached hydrogens (tertiary/aromatic N) is 1. The van der Waals surface area contributed by atoms with E-state index in [1.54, 1.807) is 42.7 Å². The highest BCUT2D eigenvalue weighted by molar-refractivity contribution is 7.90. The molecule has 4 aromatic rings. The maximum Gasteiger partial charge on any atom is 0.175 e. The number of benzene rings is 3. The Morgan fingerprint density at radius 1 is 0.848 bits per heavy atom. The van der Waals surface area contributed by atoms with Crippen LogP contribution in [-0.4, -0.2) is 25.4 Å². The summed E-state index contributed by atoms with van der Waals surface area (Å²) in [6, 6.07) is 26.6. The van der Waals surface area contributed by atoms with E-state index in [2.05, 4.69) is 24.0 Å². The van der Waals surface area contributed by atoms with Crippen molar-refractivity contribution in [2.24, 2.45) is 0 Å². The topological polar surface area (TPSA) is 64.1 Å². The molecule has 4 nitrogen and oxygen atoms in total. The summed E-state index contributed by atoms with van der Waals surface area (Å²) in [6.45, 7) is 2.06. The molecule has 0 radical (unpaired) electrons. The quantitative estimate of drug-likeness (QED) is 0.327. The summed E-state index contributed by atoms with van der Waals surface area (Å²) in [4.78, 5) is 17.4. The van der Waals surface area contributed by atoms with Crippen LogP contribution in [0.25, 0.3) is 11.1 Å². The Kier molecular flexibility index (Phi) is 6.52. The number of hydrogen-bond acceptors (Lipinski definition) is 4. The number of aromatic nitrogens is 1. The third kappa shape index (κ3) is 5.26. The lowest BCUT2D eigenvalue weighted by atomic mass is 9.83. The van der Waals surface area contributed by atoms with Gasteiger partial charge in [-0.25, -0.2) is 8.42 Å². The largest absolute Gasteiger partial charge is 0.294 e. The molecule has 1 aromatic heterocycles. The van der Waals surface area contributed by atoms with Crippen LogP contribution in [0.1, 0.15) is 39.4 Å². The first kappa shape index (κ1) is 22.6. The molecule has 0 N–H and O–H groups in total. The molecule has 1 unspecified atom stereocenters. The number of carbonyl (C=O) groups is 1. The van der Waals surface area contributed by atoms with Crippen LogP contribution in [0.2, 0.25) is 0 Å². The van der Waals surface area contributed by atoms with Crippen LogP contribution < -0.4 is 0 Å². The number of sulfone groups is 1. The van der Waals surface area contributed by atoms with Crippen molar-refractivity contribution < 1.29 is 13.2 Å². The summed E-state index contributed by atoms with van der Waals surface area (Å²) in [5.74, 6) is -0.0288. The zero-order valence-corrected chi connectivity index (χ0v) is 19.4. The Bertz CT molecular complexity index is 1380. The summed E-state index contributed by atoms with van der Waals surface area (Å²) in [7, 11) is -3.28. The lowest BCUT2D eigenvalue weighted by Crippen LogP contribution is -2.10. The van der Waals surface area contributed by atoms with E-state index in [1.807, 2.05) is 42.5 Å². The standard InChI is InChI=1S/C28H25NO3S/c1-20-6-3-4-9-26(20)27(19-28(30)23-14-16-29-17-15-23)22-12-10-21(11-13-22)24-7-5-8-25(18-24)33(2,31)32/h3-18,27H,19H2,1-2H3. The van der Waals surface area contributed by atoms with E-state index in [0.717, 1.165) is 27.8 Å². The van der Waals surface area contributed by atoms with Gasteiger partial charge in [-0.2, -0.15) is 0 Å². The number of pyridine rings is 1. The Labute approximate surface area is 194 Å². The first-order chi connectivity index (χ1) is 15.8. The molecule has 0 aliphatic carbocycles. The van der Waals surface area contributed by atoms with Crippen molar-refractivity contribution in [3.63, 3.8) is 0 Å². The number of hydrogen-bond donors (Lipinski definition) is 0. The van der Waals surface area contributed by atoms with Crippen LogP contribution >= 0.6 is 0 Å². The first-order valence-electron chi connectivity index (χ1n) is 10.7. The molecule has 0 aliphatic rings. The lowest BCUT2D eigenvalue weighted by Gasteiger charge is -2.20. The Morgan fingerprint density at radius 2 is 1.55 bits per heavy atom. The number of Topliss-reactive ketones (excluding diaryl/α,β-unsaturated/α-hetero) is 1. The molecule has 0 bridgehead atoms. The second-order valence-corrected chi connectivity index (χ2v) is 10.2. The molecule has 3 aromatic carbocycles. The Morgan fingerprint density at radius 3 is 2.21 bits per heavy atom. The first-order valence-corrected chi connectivity index (χ1v) is 12.6. The van der Waals surface area contributed by atoms with Crippen LogP contribution in [0.3, 0.4) is 0 Å². The van der Waals surface area contributed by atoms with Gasteiger partial charge in [-0.1, -0.05) is 60.7 Å². The van der Waals surface area contributed by atoms with Crippen molar-refractivity contribution in [2.45, 2.75) is 24.2 Å². The predicted molar refractivity (Wildman–Crippen MR) is 131 cm³/mol. The Hall–Kier alpha value is -3.57. The third-order valence-corrected chi connectivity index (χ3v) is 6.97. The zero-order valence-electron chi connectivity index (χ0n) is 18.6. The molecular formula is C28H25NO3S. The third-order valence-electron chi connectivity index (χ3n) is 5.86. The van der Waals surface area contributed by atoms with Crippen molar-refractivity contribution in [1.82, 2.24) is 4.98 Å². The number of ketones is 1. The van der Waals surface area contributed by atoms with Gasteiger partial charge in [-0.05, 0) is 59.0 Å². The summed E-state index contributed by atoms with van der Waals surface area (Å²) < 4.78 is 23.9. The highest BCUT2D eigenvalue weighted by atomic mass is 32.2. The molecule has 0 fully saturated rings. The van der Waals surface area contributed by atoms with Crippen LogP contribution in [0, 0.1) is 6.92 Å². The van der Waals surface area contributed by atoms with Gasteiger partial charge < -0.3 is 0 Å². The van der Waals surface area contributed by atoms with E-state index in [9.17, 15) is 13.2 Å². The maximum atomic E-state index is 13.0. The number of aryl methyl sites for hydroxylation is 1. The van der Waals surface area contributed by atoms with Gasteiger partial charge in [0.2, 0.25) is 0 Å². The van der Waals surface area contributed by atoms with Crippen LogP contribution in [0.15, 0.2) is 102 Å². The lowest BCUT2D eigenvalue weighted by molar-refractivity contribution is 0.0977. The fourth-order valence-corrected chi connectivity index (χ4v) is 4.71. The van der Waals surface area contributed by atoms with Gasteiger partial charge in [0, 0.05) is 36.6 Å². The summed E-state index contributed by atoms with van der Waals surface area (Å²) >= 11 is 0. The van der Waals surface area contributed by atoms with Crippen molar-refractivity contribution >= 4 is 15.6 Å². The number of rotatable bonds is 7. The molecule has 0 saturated carbocycles. The van der Waals surface area contributed by atoms with E-state index in [-0.39, 0.29) is 11.7 Å². The minimum absolute atomic E-state index is 0.0654. The SMILES string of the molecule is Cc1ccccc1C(CC(=O)c1ccncc1)c1ccc(-c2cccc(S(C)(=O)=O)c2)cc1. The summed E-state index contributed by atoms with van der Waals surface area (Å²) in [5, 5.41) is 0. The molecule has 1 atom stereocenters. The molecule has 0 amide bonds. The second-order valence-electron chi connectivity index (χ2n) is 8.19. The number of carbonyl (C=O) groups excluding carboxylic acids is 1. The molecule has 5 heteroatoms. The molecule has 4 rings (SSSR count). The molecule has 166 valence electrons. The van der Waals surface area contributed by atoms with Gasteiger partial charge in [-0.15, -0.1) is 0 Å². The minimum Gasteiger partial charge on any atom is -0.294 e. The van der Waals surface area contributed by atoms with Crippen LogP contribution in [0.5, 0.6) is 0 Å². The van der Waals surface area contributed by atoms with Gasteiger partial charge in [-0.3, -0.25) is 9.78 Å². The van der Waals surface area contributed by atoms with Crippen LogP contribution in [0.4, 0.5) is 0 Å². The van der Waals surface area contributed by atoms with Crippen molar-refractivity contribution in [1.29, 1.82) is 0 Å². The Balaban J connectivity index is 1.69. The van der Waals surface area contributed by atoms with Crippen molar-refractivity contribution in [2.75, 3.05) is 6.26 Å². The highest BCUT2D eigenvalue weighted by Crippen LogP contribution is 2.33. The fraction of sp³-hybridized carbons (Fsp3) is 0.143. The van der Waals surface area contributed by atoms with E-state index < -0.39 is 9.84 Å². The van der Waals surface area contributed by atoms with Gasteiger partial charge in [0.05, 0.1) is 4.90 Å². The molecule has 0 saturated heterocycles. The van der Waals surface area contributed by atoms with Gasteiger partial charge in [0.15, 0.2) is 15.6 Å². The fourth-order valence-electron chi connectivity index (χ4n) is 4.04. The van der Waals surface area contributed by atoms with Crippen molar-refractivity contribution in [3.05, 3.63) is 120 Å². The monoisotopic (exact) mass is 455 g/mol. The van der Waals surface area contributed by atoms with Crippen molar-refractivity contribution in [3.8, 4) is 11.1 Å². The summed E-state index contributed by atoms with van der Waals surface area (Å²) in [6.07, 6.45) is 4.82. The van der Waals surface area contributed by atoms with Gasteiger partial charge in [0.25, 0.3) is 0 Å². The molecule has 0 spiro atoms. The van der Waals surface area contributed by atoms with Gasteiger partial charge >= 0.3 is 0 Å².